The van der Waals surface area contributed by atoms with Crippen LogP contribution in [0.4, 0.5) is 5.82 Å². The molecule has 1 heterocycles. The van der Waals surface area contributed by atoms with Crippen LogP contribution in [0.15, 0.2) is 12.4 Å². The van der Waals surface area contributed by atoms with Gasteiger partial charge in [-0.2, -0.15) is 0 Å². The maximum atomic E-state index is 4.36. The summed E-state index contributed by atoms with van der Waals surface area (Å²) < 4.78 is 0. The Morgan fingerprint density at radius 1 is 1.38 bits per heavy atom. The topological polar surface area (TPSA) is 29.0 Å². The number of alkyl halides is 1. The van der Waals surface area contributed by atoms with Crippen LogP contribution in [-0.2, 0) is 6.42 Å². The molecule has 0 radical (unpaired) electrons. The molecule has 0 N–H and O–H groups in total. The highest BCUT2D eigenvalue weighted by Gasteiger charge is 2.11. The van der Waals surface area contributed by atoms with Gasteiger partial charge in [-0.25, -0.2) is 9.97 Å². The molecular weight excluding hydrogens is 266 g/mol. The predicted octanol–water partition coefficient (Wildman–Crippen LogP) is 3.04. The summed E-state index contributed by atoms with van der Waals surface area (Å²) in [5.74, 6) is 1.04. The third-order valence-electron chi connectivity index (χ3n) is 2.46. The minimum atomic E-state index is 0.460. The summed E-state index contributed by atoms with van der Waals surface area (Å²) >= 11 is 3.48. The van der Waals surface area contributed by atoms with Crippen molar-refractivity contribution in [2.75, 3.05) is 16.8 Å². The lowest BCUT2D eigenvalue weighted by Gasteiger charge is -2.27. The molecule has 0 aromatic carbocycles. The first kappa shape index (κ1) is 13.4. The molecule has 0 atom stereocenters. The molecule has 0 aliphatic rings. The fraction of sp³-hybridized carbons (Fsp3) is 0.667. The number of rotatable bonds is 6. The van der Waals surface area contributed by atoms with Crippen LogP contribution in [0.2, 0.25) is 0 Å². The number of hydrogen-bond acceptors (Lipinski definition) is 3. The number of nitrogens with zero attached hydrogens (tertiary/aromatic N) is 3. The lowest BCUT2D eigenvalue weighted by Crippen LogP contribution is -2.33. The summed E-state index contributed by atoms with van der Waals surface area (Å²) in [6.07, 6.45) is 3.82. The van der Waals surface area contributed by atoms with E-state index in [0.29, 0.717) is 6.04 Å². The zero-order valence-corrected chi connectivity index (χ0v) is 11.9. The molecule has 1 aromatic rings. The van der Waals surface area contributed by atoms with Gasteiger partial charge in [0, 0.05) is 29.7 Å². The van der Waals surface area contributed by atoms with Gasteiger partial charge >= 0.3 is 0 Å². The molecule has 4 heteroatoms. The fourth-order valence-corrected chi connectivity index (χ4v) is 2.05. The second-order valence-corrected chi connectivity index (χ2v) is 4.89. The highest BCUT2D eigenvalue weighted by molar-refractivity contribution is 9.09. The molecule has 0 saturated heterocycles. The largest absolute Gasteiger partial charge is 0.353 e. The monoisotopic (exact) mass is 285 g/mol. The van der Waals surface area contributed by atoms with E-state index >= 15 is 0 Å². The summed E-state index contributed by atoms with van der Waals surface area (Å²) in [5.41, 5.74) is 1.13. The van der Waals surface area contributed by atoms with Crippen molar-refractivity contribution in [1.29, 1.82) is 0 Å². The molecule has 0 unspecified atom stereocenters. The lowest BCUT2D eigenvalue weighted by molar-refractivity contribution is 0.694. The van der Waals surface area contributed by atoms with E-state index in [-0.39, 0.29) is 0 Å². The van der Waals surface area contributed by atoms with Crippen LogP contribution in [0.1, 0.15) is 32.9 Å². The van der Waals surface area contributed by atoms with E-state index in [1.54, 1.807) is 6.33 Å². The Morgan fingerprint density at radius 2 is 2.12 bits per heavy atom. The molecule has 1 rings (SSSR count). The van der Waals surface area contributed by atoms with E-state index in [1.165, 1.54) is 0 Å². The van der Waals surface area contributed by atoms with Gasteiger partial charge < -0.3 is 4.90 Å². The normalized spacial score (nSPS) is 10.8. The van der Waals surface area contributed by atoms with Crippen LogP contribution in [-0.4, -0.2) is 27.9 Å². The van der Waals surface area contributed by atoms with Gasteiger partial charge in [0.05, 0.1) is 0 Å². The predicted molar refractivity (Wildman–Crippen MR) is 72.3 cm³/mol. The molecule has 1 aromatic heterocycles. The first-order valence-corrected chi connectivity index (χ1v) is 6.94. The van der Waals surface area contributed by atoms with E-state index in [2.05, 4.69) is 57.6 Å². The number of aryl methyl sites for hydroxylation is 1. The second kappa shape index (κ2) is 6.84. The van der Waals surface area contributed by atoms with Crippen LogP contribution < -0.4 is 4.90 Å². The summed E-state index contributed by atoms with van der Waals surface area (Å²) in [4.78, 5) is 10.9. The van der Waals surface area contributed by atoms with Crippen molar-refractivity contribution in [2.24, 2.45) is 0 Å². The first-order chi connectivity index (χ1) is 7.69. The van der Waals surface area contributed by atoms with Crippen LogP contribution >= 0.6 is 15.9 Å². The molecule has 0 fully saturated rings. The van der Waals surface area contributed by atoms with E-state index in [4.69, 9.17) is 0 Å². The Hall–Kier alpha value is -0.640. The summed E-state index contributed by atoms with van der Waals surface area (Å²) in [6.45, 7) is 7.51. The van der Waals surface area contributed by atoms with Crippen LogP contribution in [0.25, 0.3) is 0 Å². The molecule has 3 nitrogen and oxygen atoms in total. The smallest absolute Gasteiger partial charge is 0.132 e. The van der Waals surface area contributed by atoms with Gasteiger partial charge in [0.25, 0.3) is 0 Å². The van der Waals surface area contributed by atoms with Crippen LogP contribution in [0, 0.1) is 0 Å². The Bertz CT molecular complexity index is 315. The SMILES string of the molecule is CCCc1cc(N(CCBr)C(C)C)ncn1. The molecule has 0 saturated carbocycles. The zero-order valence-electron chi connectivity index (χ0n) is 10.3. The van der Waals surface area contributed by atoms with E-state index in [0.717, 1.165) is 36.2 Å². The van der Waals surface area contributed by atoms with Gasteiger partial charge in [0.2, 0.25) is 0 Å². The molecule has 0 bridgehead atoms. The molecule has 16 heavy (non-hydrogen) atoms. The molecule has 0 spiro atoms. The van der Waals surface area contributed by atoms with Crippen molar-refractivity contribution in [2.45, 2.75) is 39.7 Å². The Kier molecular flexibility index (Phi) is 5.74. The lowest BCUT2D eigenvalue weighted by atomic mass is 10.2. The van der Waals surface area contributed by atoms with Crippen molar-refractivity contribution in [3.05, 3.63) is 18.1 Å². The second-order valence-electron chi connectivity index (χ2n) is 4.09. The maximum absolute atomic E-state index is 4.36. The third kappa shape index (κ3) is 3.74. The van der Waals surface area contributed by atoms with Crippen molar-refractivity contribution >= 4 is 21.7 Å². The van der Waals surface area contributed by atoms with Crippen LogP contribution in [0.3, 0.4) is 0 Å². The van der Waals surface area contributed by atoms with Gasteiger partial charge in [-0.1, -0.05) is 29.3 Å². The fourth-order valence-electron chi connectivity index (χ4n) is 1.66. The van der Waals surface area contributed by atoms with E-state index in [1.807, 2.05) is 0 Å². The Labute approximate surface area is 106 Å². The van der Waals surface area contributed by atoms with Crippen molar-refractivity contribution in [1.82, 2.24) is 9.97 Å². The van der Waals surface area contributed by atoms with Gasteiger partial charge in [-0.05, 0) is 20.3 Å². The van der Waals surface area contributed by atoms with Gasteiger partial charge in [0.1, 0.15) is 12.1 Å². The molecule has 0 aliphatic heterocycles. The number of halogens is 1. The average Bonchev–Trinajstić information content (AvgIpc) is 2.26. The van der Waals surface area contributed by atoms with Crippen molar-refractivity contribution in [3.63, 3.8) is 0 Å². The number of anilines is 1. The Balaban J connectivity index is 2.86. The molecule has 90 valence electrons. The van der Waals surface area contributed by atoms with Gasteiger partial charge in [0.15, 0.2) is 0 Å². The first-order valence-electron chi connectivity index (χ1n) is 5.82. The van der Waals surface area contributed by atoms with Crippen molar-refractivity contribution in [3.8, 4) is 0 Å². The van der Waals surface area contributed by atoms with Gasteiger partial charge in [-0.15, -0.1) is 0 Å². The van der Waals surface area contributed by atoms with Gasteiger partial charge in [-0.3, -0.25) is 0 Å². The summed E-state index contributed by atoms with van der Waals surface area (Å²) in [5, 5.41) is 0.957. The maximum Gasteiger partial charge on any atom is 0.132 e. The van der Waals surface area contributed by atoms with Crippen LogP contribution in [0.5, 0.6) is 0 Å². The Morgan fingerprint density at radius 3 is 2.69 bits per heavy atom. The highest BCUT2D eigenvalue weighted by atomic mass is 79.9. The molecule has 0 amide bonds. The molecular formula is C12H20BrN3. The number of hydrogen-bond donors (Lipinski definition) is 0. The zero-order chi connectivity index (χ0) is 12.0. The summed E-state index contributed by atoms with van der Waals surface area (Å²) in [6, 6.07) is 2.56. The number of aromatic nitrogens is 2. The molecule has 0 aliphatic carbocycles. The van der Waals surface area contributed by atoms with E-state index < -0.39 is 0 Å². The standard InChI is InChI=1S/C12H20BrN3/c1-4-5-11-8-12(15-9-14-11)16(7-6-13)10(2)3/h8-10H,4-7H2,1-3H3. The third-order valence-corrected chi connectivity index (χ3v) is 2.81. The average molecular weight is 286 g/mol. The quantitative estimate of drug-likeness (QED) is 0.753. The highest BCUT2D eigenvalue weighted by Crippen LogP contribution is 2.15. The minimum absolute atomic E-state index is 0.460. The minimum Gasteiger partial charge on any atom is -0.353 e. The van der Waals surface area contributed by atoms with Crippen molar-refractivity contribution < 1.29 is 0 Å². The van der Waals surface area contributed by atoms with E-state index in [9.17, 15) is 0 Å². The summed E-state index contributed by atoms with van der Waals surface area (Å²) in [7, 11) is 0.